The van der Waals surface area contributed by atoms with Crippen molar-refractivity contribution in [1.29, 1.82) is 0 Å². The van der Waals surface area contributed by atoms with Crippen molar-refractivity contribution in [1.82, 2.24) is 0 Å². The second kappa shape index (κ2) is 2.36. The molecule has 0 spiro atoms. The predicted octanol–water partition coefficient (Wildman–Crippen LogP) is 3.60. The molecule has 2 bridgehead atoms. The zero-order valence-electron chi connectivity index (χ0n) is 8.06. The lowest BCUT2D eigenvalue weighted by molar-refractivity contribution is -0.0139. The summed E-state index contributed by atoms with van der Waals surface area (Å²) in [6.07, 6.45) is 1.32. The number of alkyl halides is 2. The standard InChI is InChI=1S/C12H12F2/c1-7-3-2-4-8-9-5-6-10(11(7)8)12(9,13)14/h2-4,9-10H,5-6H2,1H3. The normalized spacial score (nSPS) is 31.9. The average molecular weight is 194 g/mol. The van der Waals surface area contributed by atoms with Gasteiger partial charge in [-0.05, 0) is 36.5 Å². The Morgan fingerprint density at radius 1 is 1.21 bits per heavy atom. The lowest BCUT2D eigenvalue weighted by atomic mass is 9.89. The quantitative estimate of drug-likeness (QED) is 0.592. The molecule has 2 aliphatic rings. The third-order valence-electron chi connectivity index (χ3n) is 3.75. The van der Waals surface area contributed by atoms with Crippen LogP contribution >= 0.6 is 0 Å². The Bertz CT molecular complexity index is 395. The summed E-state index contributed by atoms with van der Waals surface area (Å²) in [6.45, 7) is 1.94. The number of halogens is 2. The Morgan fingerprint density at radius 3 is 2.64 bits per heavy atom. The maximum absolute atomic E-state index is 13.8. The number of benzene rings is 1. The Labute approximate surface area is 81.9 Å². The van der Waals surface area contributed by atoms with Crippen molar-refractivity contribution in [2.75, 3.05) is 0 Å². The largest absolute Gasteiger partial charge is 0.261 e. The van der Waals surface area contributed by atoms with Crippen LogP contribution in [0.5, 0.6) is 0 Å². The van der Waals surface area contributed by atoms with E-state index in [0.717, 1.165) is 16.7 Å². The molecule has 0 aromatic heterocycles. The van der Waals surface area contributed by atoms with Crippen LogP contribution in [-0.4, -0.2) is 5.92 Å². The van der Waals surface area contributed by atoms with Crippen molar-refractivity contribution in [2.24, 2.45) is 0 Å². The van der Waals surface area contributed by atoms with Crippen LogP contribution in [0.2, 0.25) is 0 Å². The maximum atomic E-state index is 13.8. The molecule has 1 aromatic carbocycles. The first kappa shape index (κ1) is 8.39. The van der Waals surface area contributed by atoms with Gasteiger partial charge in [-0.1, -0.05) is 18.2 Å². The molecule has 0 amide bonds. The van der Waals surface area contributed by atoms with Crippen LogP contribution in [0.3, 0.4) is 0 Å². The van der Waals surface area contributed by atoms with E-state index < -0.39 is 17.8 Å². The third kappa shape index (κ3) is 0.776. The Morgan fingerprint density at radius 2 is 1.93 bits per heavy atom. The highest BCUT2D eigenvalue weighted by Crippen LogP contribution is 2.62. The van der Waals surface area contributed by atoms with Gasteiger partial charge in [-0.15, -0.1) is 0 Å². The van der Waals surface area contributed by atoms with Gasteiger partial charge in [0.1, 0.15) is 0 Å². The minimum Gasteiger partial charge on any atom is -0.205 e. The maximum Gasteiger partial charge on any atom is 0.261 e. The van der Waals surface area contributed by atoms with Gasteiger partial charge < -0.3 is 0 Å². The average Bonchev–Trinajstić information content (AvgIpc) is 2.54. The fourth-order valence-electron chi connectivity index (χ4n) is 3.14. The first-order valence-electron chi connectivity index (χ1n) is 5.09. The van der Waals surface area contributed by atoms with Crippen LogP contribution in [-0.2, 0) is 0 Å². The lowest BCUT2D eigenvalue weighted by Crippen LogP contribution is -2.19. The zero-order chi connectivity index (χ0) is 9.92. The Kier molecular flexibility index (Phi) is 1.41. The second-order valence-corrected chi connectivity index (χ2v) is 4.43. The summed E-state index contributed by atoms with van der Waals surface area (Å²) in [6, 6.07) is 5.71. The highest BCUT2D eigenvalue weighted by molar-refractivity contribution is 5.49. The molecular formula is C12H12F2. The van der Waals surface area contributed by atoms with Gasteiger partial charge in [0.25, 0.3) is 5.92 Å². The summed E-state index contributed by atoms with van der Waals surface area (Å²) in [5.74, 6) is -3.47. The van der Waals surface area contributed by atoms with Gasteiger partial charge in [0.05, 0.1) is 0 Å². The van der Waals surface area contributed by atoms with E-state index in [9.17, 15) is 8.78 Å². The SMILES string of the molecule is Cc1cccc2c1C1CCC2C1(F)F. The molecule has 2 heteroatoms. The number of fused-ring (bicyclic) bond motifs is 5. The molecule has 1 aromatic rings. The molecule has 0 radical (unpaired) electrons. The fraction of sp³-hybridized carbons (Fsp3) is 0.500. The van der Waals surface area contributed by atoms with Crippen molar-refractivity contribution in [3.8, 4) is 0 Å². The van der Waals surface area contributed by atoms with Crippen molar-refractivity contribution < 1.29 is 8.78 Å². The lowest BCUT2D eigenvalue weighted by Gasteiger charge is -2.15. The minimum absolute atomic E-state index is 0.497. The Hall–Kier alpha value is -0.920. The first-order chi connectivity index (χ1) is 6.62. The number of rotatable bonds is 0. The van der Waals surface area contributed by atoms with E-state index in [1.165, 1.54) is 0 Å². The fourth-order valence-corrected chi connectivity index (χ4v) is 3.14. The monoisotopic (exact) mass is 194 g/mol. The molecule has 3 rings (SSSR count). The van der Waals surface area contributed by atoms with Gasteiger partial charge in [0.15, 0.2) is 0 Å². The van der Waals surface area contributed by atoms with E-state index in [0.29, 0.717) is 12.8 Å². The van der Waals surface area contributed by atoms with Crippen LogP contribution in [0, 0.1) is 6.92 Å². The minimum atomic E-state index is -2.48. The number of hydrogen-bond donors (Lipinski definition) is 0. The zero-order valence-corrected chi connectivity index (χ0v) is 8.06. The molecule has 14 heavy (non-hydrogen) atoms. The van der Waals surface area contributed by atoms with Crippen molar-refractivity contribution >= 4 is 0 Å². The van der Waals surface area contributed by atoms with Crippen molar-refractivity contribution in [3.05, 3.63) is 34.9 Å². The molecule has 0 saturated heterocycles. The number of hydrogen-bond acceptors (Lipinski definition) is 0. The first-order valence-corrected chi connectivity index (χ1v) is 5.09. The van der Waals surface area contributed by atoms with E-state index in [-0.39, 0.29) is 0 Å². The van der Waals surface area contributed by atoms with E-state index in [2.05, 4.69) is 0 Å². The summed E-state index contributed by atoms with van der Waals surface area (Å²) in [7, 11) is 0. The summed E-state index contributed by atoms with van der Waals surface area (Å²) in [4.78, 5) is 0. The van der Waals surface area contributed by atoms with Gasteiger partial charge in [-0.2, -0.15) is 0 Å². The van der Waals surface area contributed by atoms with Gasteiger partial charge >= 0.3 is 0 Å². The summed E-state index contributed by atoms with van der Waals surface area (Å²) in [5.41, 5.74) is 2.88. The van der Waals surface area contributed by atoms with Gasteiger partial charge in [-0.25, -0.2) is 8.78 Å². The van der Waals surface area contributed by atoms with Crippen LogP contribution in [0.15, 0.2) is 18.2 Å². The van der Waals surface area contributed by atoms with E-state index >= 15 is 0 Å². The summed E-state index contributed by atoms with van der Waals surface area (Å²) < 4.78 is 27.5. The molecule has 2 unspecified atom stereocenters. The molecule has 0 N–H and O–H groups in total. The van der Waals surface area contributed by atoms with Gasteiger partial charge in [0.2, 0.25) is 0 Å². The molecule has 0 nitrogen and oxygen atoms in total. The predicted molar refractivity (Wildman–Crippen MR) is 50.8 cm³/mol. The van der Waals surface area contributed by atoms with E-state index in [4.69, 9.17) is 0 Å². The van der Waals surface area contributed by atoms with E-state index in [1.54, 1.807) is 0 Å². The van der Waals surface area contributed by atoms with Crippen LogP contribution in [0.25, 0.3) is 0 Å². The highest BCUT2D eigenvalue weighted by Gasteiger charge is 2.59. The van der Waals surface area contributed by atoms with Gasteiger partial charge in [-0.3, -0.25) is 0 Å². The summed E-state index contributed by atoms with van der Waals surface area (Å²) in [5, 5.41) is 0. The van der Waals surface area contributed by atoms with Crippen molar-refractivity contribution in [2.45, 2.75) is 37.5 Å². The second-order valence-electron chi connectivity index (χ2n) is 4.43. The smallest absolute Gasteiger partial charge is 0.205 e. The van der Waals surface area contributed by atoms with Crippen LogP contribution < -0.4 is 0 Å². The van der Waals surface area contributed by atoms with Crippen LogP contribution in [0.1, 0.15) is 41.4 Å². The molecule has 1 saturated carbocycles. The number of aryl methyl sites for hydroxylation is 1. The van der Waals surface area contributed by atoms with Crippen molar-refractivity contribution in [3.63, 3.8) is 0 Å². The third-order valence-corrected chi connectivity index (χ3v) is 3.75. The molecular weight excluding hydrogens is 182 g/mol. The van der Waals surface area contributed by atoms with Crippen LogP contribution in [0.4, 0.5) is 8.78 Å². The molecule has 2 aliphatic carbocycles. The van der Waals surface area contributed by atoms with Gasteiger partial charge in [0, 0.05) is 11.8 Å². The molecule has 1 fully saturated rings. The molecule has 0 aliphatic heterocycles. The summed E-state index contributed by atoms with van der Waals surface area (Å²) >= 11 is 0. The molecule has 2 atom stereocenters. The molecule has 0 heterocycles. The topological polar surface area (TPSA) is 0 Å². The Balaban J connectivity index is 2.26. The molecule has 74 valence electrons. The van der Waals surface area contributed by atoms with E-state index in [1.807, 2.05) is 25.1 Å². The highest BCUT2D eigenvalue weighted by atomic mass is 19.3.